The number of hydrogen-bond donors (Lipinski definition) is 1. The van der Waals surface area contributed by atoms with E-state index in [1.165, 1.54) is 0 Å². The van der Waals surface area contributed by atoms with Crippen molar-refractivity contribution < 1.29 is 9.53 Å². The first-order valence-corrected chi connectivity index (χ1v) is 9.56. The molecule has 0 bridgehead atoms. The van der Waals surface area contributed by atoms with Gasteiger partial charge in [0.05, 0.1) is 6.20 Å². The van der Waals surface area contributed by atoms with E-state index in [0.717, 1.165) is 40.2 Å². The van der Waals surface area contributed by atoms with E-state index in [1.807, 2.05) is 68.9 Å². The molecular formula is C23H27N3O2. The third kappa shape index (κ3) is 4.60. The van der Waals surface area contributed by atoms with E-state index in [4.69, 9.17) is 4.74 Å². The summed E-state index contributed by atoms with van der Waals surface area (Å²) in [6.07, 6.45) is 1.81. The summed E-state index contributed by atoms with van der Waals surface area (Å²) >= 11 is 0. The molecule has 0 aliphatic rings. The van der Waals surface area contributed by atoms with Gasteiger partial charge in [-0.2, -0.15) is 5.10 Å². The Hall–Kier alpha value is -3.08. The summed E-state index contributed by atoms with van der Waals surface area (Å²) < 4.78 is 7.88. The standard InChI is InChI=1S/C23H27N3O2/c1-5-26-18(4)21(14-25-26)13-24-23(27)20-8-6-7-19(12-20)15-28-22-11-16(2)9-10-17(22)3/h6-12,14H,5,13,15H2,1-4H3,(H,24,27). The van der Waals surface area contributed by atoms with Crippen LogP contribution in [0.4, 0.5) is 0 Å². The van der Waals surface area contributed by atoms with Gasteiger partial charge in [0.15, 0.2) is 0 Å². The summed E-state index contributed by atoms with van der Waals surface area (Å²) in [5.41, 5.74) is 5.96. The Morgan fingerprint density at radius 2 is 1.96 bits per heavy atom. The number of amides is 1. The molecule has 0 radical (unpaired) electrons. The molecular weight excluding hydrogens is 350 g/mol. The topological polar surface area (TPSA) is 56.2 Å². The molecule has 5 heteroatoms. The molecule has 1 amide bonds. The predicted molar refractivity (Wildman–Crippen MR) is 110 cm³/mol. The molecule has 0 atom stereocenters. The van der Waals surface area contributed by atoms with Gasteiger partial charge in [0.1, 0.15) is 12.4 Å². The molecule has 0 unspecified atom stereocenters. The van der Waals surface area contributed by atoms with Crippen LogP contribution in [0, 0.1) is 20.8 Å². The van der Waals surface area contributed by atoms with Crippen molar-refractivity contribution in [1.29, 1.82) is 0 Å². The van der Waals surface area contributed by atoms with E-state index in [1.54, 1.807) is 0 Å². The van der Waals surface area contributed by atoms with Crippen molar-refractivity contribution in [2.24, 2.45) is 0 Å². The summed E-state index contributed by atoms with van der Waals surface area (Å²) in [6.45, 7) is 9.85. The molecule has 0 fully saturated rings. The minimum absolute atomic E-state index is 0.0998. The molecule has 0 aliphatic heterocycles. The van der Waals surface area contributed by atoms with E-state index in [2.05, 4.69) is 22.5 Å². The summed E-state index contributed by atoms with van der Waals surface area (Å²) in [4.78, 5) is 12.6. The molecule has 2 aromatic carbocycles. The number of hydrogen-bond acceptors (Lipinski definition) is 3. The van der Waals surface area contributed by atoms with Gasteiger partial charge in [-0.25, -0.2) is 0 Å². The maximum Gasteiger partial charge on any atom is 0.251 e. The van der Waals surface area contributed by atoms with E-state index in [0.29, 0.717) is 18.7 Å². The van der Waals surface area contributed by atoms with Gasteiger partial charge in [-0.1, -0.05) is 24.3 Å². The van der Waals surface area contributed by atoms with Crippen LogP contribution in [0.2, 0.25) is 0 Å². The zero-order valence-corrected chi connectivity index (χ0v) is 17.0. The lowest BCUT2D eigenvalue weighted by atomic mass is 10.1. The Morgan fingerprint density at radius 1 is 1.14 bits per heavy atom. The van der Waals surface area contributed by atoms with Gasteiger partial charge in [0.25, 0.3) is 5.91 Å². The minimum atomic E-state index is -0.0998. The number of ether oxygens (including phenoxy) is 1. The number of nitrogens with zero attached hydrogens (tertiary/aromatic N) is 2. The van der Waals surface area contributed by atoms with Gasteiger partial charge in [-0.3, -0.25) is 9.48 Å². The molecule has 146 valence electrons. The number of benzene rings is 2. The maximum absolute atomic E-state index is 12.6. The number of carbonyl (C=O) groups excluding carboxylic acids is 1. The van der Waals surface area contributed by atoms with Crippen molar-refractivity contribution in [2.45, 2.75) is 47.4 Å². The first-order chi connectivity index (χ1) is 13.5. The van der Waals surface area contributed by atoms with Crippen molar-refractivity contribution in [3.63, 3.8) is 0 Å². The molecule has 0 saturated carbocycles. The SMILES string of the molecule is CCn1ncc(CNC(=O)c2cccc(COc3cc(C)ccc3C)c2)c1C. The zero-order valence-electron chi connectivity index (χ0n) is 17.0. The summed E-state index contributed by atoms with van der Waals surface area (Å²) in [7, 11) is 0. The molecule has 0 spiro atoms. The normalized spacial score (nSPS) is 10.7. The Morgan fingerprint density at radius 3 is 2.71 bits per heavy atom. The summed E-state index contributed by atoms with van der Waals surface area (Å²) in [5.74, 6) is 0.774. The fourth-order valence-corrected chi connectivity index (χ4v) is 3.08. The number of aryl methyl sites for hydroxylation is 3. The van der Waals surface area contributed by atoms with Gasteiger partial charge in [-0.15, -0.1) is 0 Å². The van der Waals surface area contributed by atoms with Crippen LogP contribution >= 0.6 is 0 Å². The lowest BCUT2D eigenvalue weighted by molar-refractivity contribution is 0.0950. The van der Waals surface area contributed by atoms with Gasteiger partial charge >= 0.3 is 0 Å². The lowest BCUT2D eigenvalue weighted by Crippen LogP contribution is -2.23. The Bertz CT molecular complexity index is 976. The van der Waals surface area contributed by atoms with Crippen LogP contribution in [0.15, 0.2) is 48.7 Å². The molecule has 0 aliphatic carbocycles. The second-order valence-electron chi connectivity index (χ2n) is 7.01. The van der Waals surface area contributed by atoms with Crippen LogP contribution in [-0.2, 0) is 19.7 Å². The highest BCUT2D eigenvalue weighted by Gasteiger charge is 2.10. The highest BCUT2D eigenvalue weighted by atomic mass is 16.5. The quantitative estimate of drug-likeness (QED) is 0.666. The van der Waals surface area contributed by atoms with Crippen molar-refractivity contribution in [3.8, 4) is 5.75 Å². The average Bonchev–Trinajstić information content (AvgIpc) is 3.06. The summed E-state index contributed by atoms with van der Waals surface area (Å²) in [6, 6.07) is 13.7. The monoisotopic (exact) mass is 377 g/mol. The Kier molecular flexibility index (Phi) is 6.14. The van der Waals surface area contributed by atoms with Crippen LogP contribution in [-0.4, -0.2) is 15.7 Å². The average molecular weight is 377 g/mol. The fourth-order valence-electron chi connectivity index (χ4n) is 3.08. The van der Waals surface area contributed by atoms with Gasteiger partial charge in [0.2, 0.25) is 0 Å². The van der Waals surface area contributed by atoms with Gasteiger partial charge in [0, 0.05) is 29.9 Å². The van der Waals surface area contributed by atoms with Crippen molar-refractivity contribution >= 4 is 5.91 Å². The molecule has 3 aromatic rings. The lowest BCUT2D eigenvalue weighted by Gasteiger charge is -2.11. The molecule has 3 rings (SSSR count). The molecule has 28 heavy (non-hydrogen) atoms. The van der Waals surface area contributed by atoms with E-state index in [9.17, 15) is 4.79 Å². The highest BCUT2D eigenvalue weighted by molar-refractivity contribution is 5.94. The van der Waals surface area contributed by atoms with Crippen molar-refractivity contribution in [3.05, 3.63) is 82.2 Å². The van der Waals surface area contributed by atoms with E-state index >= 15 is 0 Å². The first kappa shape index (κ1) is 19.7. The second kappa shape index (κ2) is 8.74. The summed E-state index contributed by atoms with van der Waals surface area (Å²) in [5, 5.41) is 7.29. The number of rotatable bonds is 7. The largest absolute Gasteiger partial charge is 0.489 e. The molecule has 0 saturated heterocycles. The van der Waals surface area contributed by atoms with Crippen LogP contribution in [0.3, 0.4) is 0 Å². The molecule has 1 aromatic heterocycles. The second-order valence-corrected chi connectivity index (χ2v) is 7.01. The molecule has 1 heterocycles. The predicted octanol–water partition coefficient (Wildman–Crippen LogP) is 4.34. The number of nitrogens with one attached hydrogen (secondary N) is 1. The maximum atomic E-state index is 12.6. The van der Waals surface area contributed by atoms with Gasteiger partial charge < -0.3 is 10.1 Å². The van der Waals surface area contributed by atoms with E-state index in [-0.39, 0.29) is 5.91 Å². The van der Waals surface area contributed by atoms with Gasteiger partial charge in [-0.05, 0) is 62.6 Å². The Labute approximate surface area is 166 Å². The Balaban J connectivity index is 1.62. The molecule has 5 nitrogen and oxygen atoms in total. The smallest absolute Gasteiger partial charge is 0.251 e. The van der Waals surface area contributed by atoms with Crippen LogP contribution in [0.25, 0.3) is 0 Å². The third-order valence-corrected chi connectivity index (χ3v) is 4.87. The highest BCUT2D eigenvalue weighted by Crippen LogP contribution is 2.20. The van der Waals surface area contributed by atoms with Crippen LogP contribution in [0.1, 0.15) is 45.2 Å². The molecule has 1 N–H and O–H groups in total. The van der Waals surface area contributed by atoms with Crippen molar-refractivity contribution in [1.82, 2.24) is 15.1 Å². The van der Waals surface area contributed by atoms with E-state index < -0.39 is 0 Å². The minimum Gasteiger partial charge on any atom is -0.489 e. The van der Waals surface area contributed by atoms with Crippen LogP contribution < -0.4 is 10.1 Å². The zero-order chi connectivity index (χ0) is 20.1. The number of aromatic nitrogens is 2. The first-order valence-electron chi connectivity index (χ1n) is 9.56. The van der Waals surface area contributed by atoms with Crippen molar-refractivity contribution in [2.75, 3.05) is 0 Å². The fraction of sp³-hybridized carbons (Fsp3) is 0.304. The van der Waals surface area contributed by atoms with Crippen LogP contribution in [0.5, 0.6) is 5.75 Å². The third-order valence-electron chi connectivity index (χ3n) is 4.87. The number of carbonyl (C=O) groups is 1.